The van der Waals surface area contributed by atoms with Crippen LogP contribution in [0, 0.1) is 5.92 Å². The van der Waals surface area contributed by atoms with E-state index in [1.807, 2.05) is 6.07 Å². The number of rotatable bonds is 6. The summed E-state index contributed by atoms with van der Waals surface area (Å²) in [6.45, 7) is 5.39. The molecule has 2 rings (SSSR count). The van der Waals surface area contributed by atoms with Crippen LogP contribution in [0.4, 0.5) is 0 Å². The highest BCUT2D eigenvalue weighted by Crippen LogP contribution is 2.37. The average molecular weight is 292 g/mol. The number of hydrogen-bond donors (Lipinski definition) is 1. The van der Waals surface area contributed by atoms with Gasteiger partial charge in [0.05, 0.1) is 14.2 Å². The summed E-state index contributed by atoms with van der Waals surface area (Å²) in [7, 11) is 5.63. The summed E-state index contributed by atoms with van der Waals surface area (Å²) in [4.78, 5) is 2.46. The van der Waals surface area contributed by atoms with Crippen LogP contribution in [-0.4, -0.2) is 45.8 Å². The number of benzene rings is 1. The molecule has 0 aromatic heterocycles. The molecular weight excluding hydrogens is 264 g/mol. The van der Waals surface area contributed by atoms with Gasteiger partial charge in [-0.15, -0.1) is 0 Å². The fraction of sp³-hybridized carbons (Fsp3) is 0.647. The number of nitrogens with one attached hydrogen (secondary N) is 1. The van der Waals surface area contributed by atoms with Crippen LogP contribution in [0.1, 0.15) is 31.4 Å². The molecule has 0 saturated carbocycles. The first-order valence-electron chi connectivity index (χ1n) is 7.83. The molecule has 1 saturated heterocycles. The third kappa shape index (κ3) is 3.89. The molecule has 1 fully saturated rings. The molecule has 0 aliphatic carbocycles. The van der Waals surface area contributed by atoms with Crippen molar-refractivity contribution in [3.05, 3.63) is 23.8 Å². The van der Waals surface area contributed by atoms with Gasteiger partial charge in [-0.3, -0.25) is 4.90 Å². The Kier molecular flexibility index (Phi) is 5.88. The van der Waals surface area contributed by atoms with Gasteiger partial charge in [-0.25, -0.2) is 0 Å². The predicted molar refractivity (Wildman–Crippen MR) is 86.2 cm³/mol. The first kappa shape index (κ1) is 16.1. The van der Waals surface area contributed by atoms with Gasteiger partial charge >= 0.3 is 0 Å². The molecule has 1 aliphatic rings. The monoisotopic (exact) mass is 292 g/mol. The molecule has 0 radical (unpaired) electrons. The molecule has 0 spiro atoms. The first-order valence-corrected chi connectivity index (χ1v) is 7.83. The lowest BCUT2D eigenvalue weighted by molar-refractivity contribution is 0.119. The second-order valence-electron chi connectivity index (χ2n) is 5.78. The van der Waals surface area contributed by atoms with Gasteiger partial charge < -0.3 is 14.8 Å². The summed E-state index contributed by atoms with van der Waals surface area (Å²) in [6, 6.07) is 6.65. The molecule has 2 atom stereocenters. The van der Waals surface area contributed by atoms with Gasteiger partial charge in [-0.1, -0.05) is 6.92 Å². The van der Waals surface area contributed by atoms with E-state index >= 15 is 0 Å². The van der Waals surface area contributed by atoms with E-state index < -0.39 is 0 Å². The van der Waals surface area contributed by atoms with E-state index in [1.165, 1.54) is 18.4 Å². The normalized spacial score (nSPS) is 23.0. The van der Waals surface area contributed by atoms with Gasteiger partial charge in [0.2, 0.25) is 0 Å². The fourth-order valence-electron chi connectivity index (χ4n) is 3.33. The van der Waals surface area contributed by atoms with Crippen molar-refractivity contribution in [2.45, 2.75) is 25.8 Å². The van der Waals surface area contributed by atoms with Crippen molar-refractivity contribution in [3.8, 4) is 11.5 Å². The van der Waals surface area contributed by atoms with E-state index in [0.717, 1.165) is 31.1 Å². The van der Waals surface area contributed by atoms with E-state index in [2.05, 4.69) is 36.3 Å². The highest BCUT2D eigenvalue weighted by molar-refractivity contribution is 5.40. The van der Waals surface area contributed by atoms with Crippen molar-refractivity contribution in [3.63, 3.8) is 0 Å². The molecule has 0 amide bonds. The summed E-state index contributed by atoms with van der Waals surface area (Å²) in [5, 5.41) is 3.51. The van der Waals surface area contributed by atoms with Crippen LogP contribution >= 0.6 is 0 Å². The maximum absolute atomic E-state index is 5.43. The Labute approximate surface area is 128 Å². The Morgan fingerprint density at radius 2 is 1.86 bits per heavy atom. The Balaban J connectivity index is 2.29. The molecule has 2 unspecified atom stereocenters. The van der Waals surface area contributed by atoms with Crippen LogP contribution in [0.15, 0.2) is 18.2 Å². The van der Waals surface area contributed by atoms with E-state index in [-0.39, 0.29) is 0 Å². The molecule has 118 valence electrons. The largest absolute Gasteiger partial charge is 0.497 e. The zero-order chi connectivity index (χ0) is 15.2. The SMILES string of the molecule is CCNCC1CCCN(C)C1c1cc(OC)cc(OC)c1. The molecule has 1 heterocycles. The molecule has 1 N–H and O–H groups in total. The van der Waals surface area contributed by atoms with Gasteiger partial charge in [-0.05, 0) is 63.1 Å². The lowest BCUT2D eigenvalue weighted by atomic mass is 9.84. The van der Waals surface area contributed by atoms with Gasteiger partial charge in [0.25, 0.3) is 0 Å². The van der Waals surface area contributed by atoms with Crippen molar-refractivity contribution >= 4 is 0 Å². The smallest absolute Gasteiger partial charge is 0.122 e. The Bertz CT molecular complexity index is 428. The quantitative estimate of drug-likeness (QED) is 0.874. The van der Waals surface area contributed by atoms with Crippen LogP contribution < -0.4 is 14.8 Å². The number of piperidine rings is 1. The van der Waals surface area contributed by atoms with Crippen molar-refractivity contribution in [2.24, 2.45) is 5.92 Å². The highest BCUT2D eigenvalue weighted by Gasteiger charge is 2.30. The van der Waals surface area contributed by atoms with Crippen molar-refractivity contribution in [1.29, 1.82) is 0 Å². The number of nitrogens with zero attached hydrogens (tertiary/aromatic N) is 1. The Morgan fingerprint density at radius 1 is 1.19 bits per heavy atom. The third-order valence-corrected chi connectivity index (χ3v) is 4.38. The molecule has 1 aromatic carbocycles. The van der Waals surface area contributed by atoms with Crippen LogP contribution in [0.5, 0.6) is 11.5 Å². The maximum atomic E-state index is 5.43. The van der Waals surface area contributed by atoms with E-state index in [1.54, 1.807) is 14.2 Å². The van der Waals surface area contributed by atoms with Crippen molar-refractivity contribution in [1.82, 2.24) is 10.2 Å². The standard InChI is InChI=1S/C17H28N2O2/c1-5-18-12-13-7-6-8-19(2)17(13)14-9-15(20-3)11-16(10-14)21-4/h9-11,13,17-18H,5-8,12H2,1-4H3. The molecule has 21 heavy (non-hydrogen) atoms. The van der Waals surface area contributed by atoms with Crippen molar-refractivity contribution < 1.29 is 9.47 Å². The van der Waals surface area contributed by atoms with Gasteiger partial charge in [0.1, 0.15) is 11.5 Å². The van der Waals surface area contributed by atoms with Crippen LogP contribution in [0.25, 0.3) is 0 Å². The topological polar surface area (TPSA) is 33.7 Å². The zero-order valence-corrected chi connectivity index (χ0v) is 13.7. The molecular formula is C17H28N2O2. The summed E-state index contributed by atoms with van der Waals surface area (Å²) in [5.74, 6) is 2.36. The second kappa shape index (κ2) is 7.66. The lowest BCUT2D eigenvalue weighted by Crippen LogP contribution is -2.40. The number of methoxy groups -OCH3 is 2. The number of ether oxygens (including phenoxy) is 2. The molecule has 4 heteroatoms. The first-order chi connectivity index (χ1) is 10.2. The minimum absolute atomic E-state index is 0.418. The summed E-state index contributed by atoms with van der Waals surface area (Å²) in [6.07, 6.45) is 2.53. The molecule has 4 nitrogen and oxygen atoms in total. The molecule has 1 aliphatic heterocycles. The van der Waals surface area contributed by atoms with Crippen LogP contribution in [-0.2, 0) is 0 Å². The second-order valence-corrected chi connectivity index (χ2v) is 5.78. The van der Waals surface area contributed by atoms with E-state index in [9.17, 15) is 0 Å². The minimum atomic E-state index is 0.418. The summed E-state index contributed by atoms with van der Waals surface area (Å²) >= 11 is 0. The molecule has 1 aromatic rings. The van der Waals surface area contributed by atoms with Crippen molar-refractivity contribution in [2.75, 3.05) is 40.9 Å². The minimum Gasteiger partial charge on any atom is -0.497 e. The fourth-order valence-corrected chi connectivity index (χ4v) is 3.33. The predicted octanol–water partition coefficient (Wildman–Crippen LogP) is 2.70. The molecule has 0 bridgehead atoms. The maximum Gasteiger partial charge on any atom is 0.122 e. The van der Waals surface area contributed by atoms with E-state index in [0.29, 0.717) is 12.0 Å². The Hall–Kier alpha value is -1.26. The summed E-state index contributed by atoms with van der Waals surface area (Å²) < 4.78 is 10.9. The third-order valence-electron chi connectivity index (χ3n) is 4.38. The van der Waals surface area contributed by atoms with Crippen LogP contribution in [0.3, 0.4) is 0 Å². The Morgan fingerprint density at radius 3 is 2.43 bits per heavy atom. The lowest BCUT2D eigenvalue weighted by Gasteiger charge is -2.40. The van der Waals surface area contributed by atoms with Gasteiger partial charge in [-0.2, -0.15) is 0 Å². The van der Waals surface area contributed by atoms with Gasteiger partial charge in [0, 0.05) is 12.1 Å². The number of likely N-dealkylation sites (tertiary alicyclic amines) is 1. The van der Waals surface area contributed by atoms with Gasteiger partial charge in [0.15, 0.2) is 0 Å². The summed E-state index contributed by atoms with van der Waals surface area (Å²) in [5.41, 5.74) is 1.29. The highest BCUT2D eigenvalue weighted by atomic mass is 16.5. The zero-order valence-electron chi connectivity index (χ0n) is 13.7. The van der Waals surface area contributed by atoms with Crippen LogP contribution in [0.2, 0.25) is 0 Å². The average Bonchev–Trinajstić information content (AvgIpc) is 2.52. The number of hydrogen-bond acceptors (Lipinski definition) is 4. The van der Waals surface area contributed by atoms with E-state index in [4.69, 9.17) is 9.47 Å².